The molecule has 0 saturated heterocycles. The van der Waals surface area contributed by atoms with E-state index in [4.69, 9.17) is 30.9 Å². The second kappa shape index (κ2) is 6.98. The van der Waals surface area contributed by atoms with Crippen LogP contribution in [0, 0.1) is 22.8 Å². The number of fused-ring (bicyclic) bond motifs is 2. The number of aliphatic imine (C=N–C) groups is 1. The molecule has 6 N–H and O–H groups in total. The maximum absolute atomic E-state index is 9.43. The molecular weight excluding hydrogens is 376 g/mol. The second-order valence-electron chi connectivity index (χ2n) is 6.14. The fourth-order valence-corrected chi connectivity index (χ4v) is 3.28. The minimum Gasteiger partial charge on any atom is -0.496 e. The van der Waals surface area contributed by atoms with Gasteiger partial charge >= 0.3 is 0 Å². The van der Waals surface area contributed by atoms with E-state index in [0.717, 1.165) is 0 Å². The first-order valence-corrected chi connectivity index (χ1v) is 8.53. The van der Waals surface area contributed by atoms with Crippen molar-refractivity contribution < 1.29 is 14.2 Å². The monoisotopic (exact) mass is 392 g/mol. The van der Waals surface area contributed by atoms with Crippen LogP contribution >= 0.6 is 0 Å². The zero-order valence-corrected chi connectivity index (χ0v) is 15.3. The number of nitriles is 2. The summed E-state index contributed by atoms with van der Waals surface area (Å²) < 4.78 is 16.8. The number of hydrogen-bond acceptors (Lipinski definition) is 11. The summed E-state index contributed by atoms with van der Waals surface area (Å²) in [5, 5.41) is 23.8. The normalized spacial score (nSPS) is 16.4. The molecule has 0 fully saturated rings. The highest BCUT2D eigenvalue weighted by Gasteiger charge is 2.32. The number of ether oxygens (including phenoxy) is 3. The lowest BCUT2D eigenvalue weighted by Gasteiger charge is -2.28. The number of pyridine rings is 1. The van der Waals surface area contributed by atoms with Gasteiger partial charge in [-0.2, -0.15) is 10.5 Å². The highest BCUT2D eigenvalue weighted by atomic mass is 16.6. The van der Waals surface area contributed by atoms with Gasteiger partial charge in [0.2, 0.25) is 5.96 Å². The fraction of sp³-hybridized carbons (Fsp3) is 0.222. The number of aromatic nitrogens is 1. The third kappa shape index (κ3) is 2.91. The van der Waals surface area contributed by atoms with Crippen molar-refractivity contribution in [3.8, 4) is 29.5 Å². The molecule has 0 spiro atoms. The molecule has 4 rings (SSSR count). The van der Waals surface area contributed by atoms with E-state index in [-0.39, 0.29) is 28.8 Å². The van der Waals surface area contributed by atoms with E-state index in [2.05, 4.69) is 20.6 Å². The van der Waals surface area contributed by atoms with E-state index in [1.807, 2.05) is 12.3 Å². The van der Waals surface area contributed by atoms with Gasteiger partial charge < -0.3 is 31.0 Å². The minimum atomic E-state index is -0.743. The number of guanidine groups is 1. The lowest BCUT2D eigenvalue weighted by atomic mass is 9.94. The van der Waals surface area contributed by atoms with Crippen LogP contribution in [0.25, 0.3) is 0 Å². The molecule has 1 atom stereocenters. The van der Waals surface area contributed by atoms with Crippen LogP contribution in [0.2, 0.25) is 0 Å². The van der Waals surface area contributed by atoms with E-state index in [1.54, 1.807) is 12.1 Å². The molecule has 0 aliphatic carbocycles. The Hall–Kier alpha value is -4.38. The fourth-order valence-electron chi connectivity index (χ4n) is 3.28. The molecule has 2 aliphatic rings. The molecule has 11 heteroatoms. The van der Waals surface area contributed by atoms with Gasteiger partial charge in [0.15, 0.2) is 17.7 Å². The zero-order chi connectivity index (χ0) is 20.5. The Balaban J connectivity index is 1.96. The summed E-state index contributed by atoms with van der Waals surface area (Å²) in [7, 11) is 1.51. The highest BCUT2D eigenvalue weighted by molar-refractivity contribution is 5.98. The first kappa shape index (κ1) is 18.0. The largest absolute Gasteiger partial charge is 0.496 e. The summed E-state index contributed by atoms with van der Waals surface area (Å²) in [5.74, 6) is 1.96. The summed E-state index contributed by atoms with van der Waals surface area (Å²) in [6.45, 7) is 0.840. The smallest absolute Gasteiger partial charge is 0.211 e. The van der Waals surface area contributed by atoms with Gasteiger partial charge in [-0.25, -0.2) is 9.98 Å². The summed E-state index contributed by atoms with van der Waals surface area (Å²) in [6.07, 6.45) is 1.81. The summed E-state index contributed by atoms with van der Waals surface area (Å²) in [5.41, 5.74) is 13.4. The van der Waals surface area contributed by atoms with Crippen molar-refractivity contribution in [3.63, 3.8) is 0 Å². The van der Waals surface area contributed by atoms with E-state index in [9.17, 15) is 5.26 Å². The predicted molar refractivity (Wildman–Crippen MR) is 103 cm³/mol. The third-order valence-electron chi connectivity index (χ3n) is 4.55. The predicted octanol–water partition coefficient (Wildman–Crippen LogP) is 0.839. The van der Waals surface area contributed by atoms with Gasteiger partial charge in [0.1, 0.15) is 48.3 Å². The molecular formula is C18H16N8O3. The van der Waals surface area contributed by atoms with Gasteiger partial charge in [-0.15, -0.1) is 0 Å². The van der Waals surface area contributed by atoms with Crippen molar-refractivity contribution >= 4 is 23.3 Å². The van der Waals surface area contributed by atoms with E-state index < -0.39 is 6.04 Å². The van der Waals surface area contributed by atoms with Crippen molar-refractivity contribution in [3.05, 3.63) is 28.8 Å². The SMILES string of the molecule is COc1cc2c(cc1C1N=C(NC#N)Nc3nc(N)c(C#N)c(N)c31)OCCO2. The maximum Gasteiger partial charge on any atom is 0.211 e. The topological polar surface area (TPSA) is 177 Å². The Morgan fingerprint density at radius 2 is 1.97 bits per heavy atom. The van der Waals surface area contributed by atoms with Crippen molar-refractivity contribution in [2.24, 2.45) is 4.99 Å². The molecule has 3 heterocycles. The first-order valence-electron chi connectivity index (χ1n) is 8.53. The highest BCUT2D eigenvalue weighted by Crippen LogP contribution is 2.46. The number of nitrogens with one attached hydrogen (secondary N) is 2. The first-order chi connectivity index (χ1) is 14.1. The summed E-state index contributed by atoms with van der Waals surface area (Å²) in [6, 6.07) is 4.66. The van der Waals surface area contributed by atoms with Crippen molar-refractivity contribution in [1.82, 2.24) is 10.3 Å². The summed E-state index contributed by atoms with van der Waals surface area (Å²) >= 11 is 0. The molecule has 0 radical (unpaired) electrons. The molecule has 1 aromatic heterocycles. The van der Waals surface area contributed by atoms with Crippen LogP contribution in [-0.2, 0) is 0 Å². The van der Waals surface area contributed by atoms with Gasteiger partial charge in [0.05, 0.1) is 12.8 Å². The molecule has 1 unspecified atom stereocenters. The molecule has 2 aliphatic heterocycles. The number of rotatable bonds is 2. The Kier molecular flexibility index (Phi) is 4.33. The standard InChI is InChI=1S/C18H16N8O3/c1-27-10-5-12-11(28-2-3-29-12)4-8(10)15-13-14(21)9(6-19)16(22)25-17(13)26-18(24-15)23-7-20/h4-5,15H,2-3H2,1H3,(H6,21,22,23,24,25,26). The number of nitrogens with two attached hydrogens (primary N) is 2. The van der Waals surface area contributed by atoms with Gasteiger partial charge in [-0.05, 0) is 6.07 Å². The van der Waals surface area contributed by atoms with Crippen LogP contribution < -0.4 is 36.3 Å². The Bertz CT molecular complexity index is 1120. The average molecular weight is 392 g/mol. The number of anilines is 3. The number of nitrogens with zero attached hydrogens (tertiary/aromatic N) is 4. The number of methoxy groups -OCH3 is 1. The van der Waals surface area contributed by atoms with Gasteiger partial charge in [-0.3, -0.25) is 5.32 Å². The van der Waals surface area contributed by atoms with E-state index >= 15 is 0 Å². The number of benzene rings is 1. The Morgan fingerprint density at radius 1 is 1.24 bits per heavy atom. The molecule has 0 saturated carbocycles. The molecule has 146 valence electrons. The molecule has 2 aromatic rings. The lowest BCUT2D eigenvalue weighted by molar-refractivity contribution is 0.170. The molecule has 29 heavy (non-hydrogen) atoms. The van der Waals surface area contributed by atoms with Crippen molar-refractivity contribution in [2.45, 2.75) is 6.04 Å². The maximum atomic E-state index is 9.43. The third-order valence-corrected chi connectivity index (χ3v) is 4.55. The molecule has 11 nitrogen and oxygen atoms in total. The lowest BCUT2D eigenvalue weighted by Crippen LogP contribution is -2.33. The second-order valence-corrected chi connectivity index (χ2v) is 6.14. The zero-order valence-electron chi connectivity index (χ0n) is 15.3. The number of hydrogen-bond donors (Lipinski definition) is 4. The van der Waals surface area contributed by atoms with Gasteiger partial charge in [-0.1, -0.05) is 0 Å². The van der Waals surface area contributed by atoms with E-state index in [0.29, 0.717) is 41.6 Å². The van der Waals surface area contributed by atoms with Crippen LogP contribution in [0.1, 0.15) is 22.7 Å². The molecule has 1 aromatic carbocycles. The Morgan fingerprint density at radius 3 is 2.62 bits per heavy atom. The molecule has 0 bridgehead atoms. The quantitative estimate of drug-likeness (QED) is 0.423. The van der Waals surface area contributed by atoms with Crippen LogP contribution in [0.5, 0.6) is 17.2 Å². The Labute approximate surface area is 165 Å². The van der Waals surface area contributed by atoms with Crippen molar-refractivity contribution in [2.75, 3.05) is 37.1 Å². The molecule has 0 amide bonds. The van der Waals surface area contributed by atoms with Gasteiger partial charge in [0.25, 0.3) is 0 Å². The summed E-state index contributed by atoms with van der Waals surface area (Å²) in [4.78, 5) is 8.77. The van der Waals surface area contributed by atoms with Crippen LogP contribution in [-0.4, -0.2) is 31.3 Å². The van der Waals surface area contributed by atoms with Crippen molar-refractivity contribution in [1.29, 1.82) is 10.5 Å². The van der Waals surface area contributed by atoms with E-state index in [1.165, 1.54) is 7.11 Å². The van der Waals surface area contributed by atoms with Crippen LogP contribution in [0.15, 0.2) is 17.1 Å². The van der Waals surface area contributed by atoms with Crippen LogP contribution in [0.4, 0.5) is 17.3 Å². The minimum absolute atomic E-state index is 0.0256. The van der Waals surface area contributed by atoms with Gasteiger partial charge in [0, 0.05) is 17.2 Å². The van der Waals surface area contributed by atoms with Crippen LogP contribution in [0.3, 0.4) is 0 Å². The number of nitrogen functional groups attached to an aromatic ring is 2. The average Bonchev–Trinajstić information content (AvgIpc) is 2.72.